The van der Waals surface area contributed by atoms with E-state index in [0.29, 0.717) is 29.6 Å². The molecule has 8 nitrogen and oxygen atoms in total. The molecular formula is C26H31N7O. The Hall–Kier alpha value is -3.81. The first-order chi connectivity index (χ1) is 16.4. The average molecular weight is 458 g/mol. The second kappa shape index (κ2) is 10.4. The van der Waals surface area contributed by atoms with Crippen LogP contribution >= 0.6 is 0 Å². The molecule has 1 fully saturated rings. The van der Waals surface area contributed by atoms with Gasteiger partial charge in [0.25, 0.3) is 0 Å². The Bertz CT molecular complexity index is 1230. The van der Waals surface area contributed by atoms with Crippen LogP contribution in [0.15, 0.2) is 65.4 Å². The first-order valence-electron chi connectivity index (χ1n) is 11.5. The highest BCUT2D eigenvalue weighted by Crippen LogP contribution is 2.24. The zero-order chi connectivity index (χ0) is 24.1. The van der Waals surface area contributed by atoms with Gasteiger partial charge in [-0.15, -0.1) is 0 Å². The summed E-state index contributed by atoms with van der Waals surface area (Å²) < 4.78 is 1.57. The predicted molar refractivity (Wildman–Crippen MR) is 137 cm³/mol. The van der Waals surface area contributed by atoms with Gasteiger partial charge in [-0.05, 0) is 30.4 Å². The number of benzene rings is 1. The van der Waals surface area contributed by atoms with Crippen molar-refractivity contribution in [2.45, 2.75) is 26.2 Å². The lowest BCUT2D eigenvalue weighted by molar-refractivity contribution is 0.440. The van der Waals surface area contributed by atoms with Crippen molar-refractivity contribution in [3.8, 4) is 11.4 Å². The van der Waals surface area contributed by atoms with E-state index in [0.717, 1.165) is 29.9 Å². The van der Waals surface area contributed by atoms with E-state index in [2.05, 4.69) is 38.6 Å². The van der Waals surface area contributed by atoms with Gasteiger partial charge in [-0.2, -0.15) is 10.2 Å². The van der Waals surface area contributed by atoms with Crippen molar-refractivity contribution in [2.24, 2.45) is 11.0 Å². The highest BCUT2D eigenvalue weighted by molar-refractivity contribution is 6.00. The molecule has 0 spiro atoms. The maximum atomic E-state index is 12.5. The molecule has 0 aliphatic carbocycles. The third-order valence-electron chi connectivity index (χ3n) is 5.83. The fourth-order valence-electron chi connectivity index (χ4n) is 4.04. The molecule has 0 amide bonds. The van der Waals surface area contributed by atoms with Crippen LogP contribution in [0.2, 0.25) is 0 Å². The van der Waals surface area contributed by atoms with Crippen molar-refractivity contribution in [3.63, 3.8) is 0 Å². The number of nitrogens with zero attached hydrogens (tertiary/aromatic N) is 7. The molecule has 1 saturated heterocycles. The van der Waals surface area contributed by atoms with Crippen LogP contribution in [0.1, 0.15) is 31.0 Å². The molecule has 34 heavy (non-hydrogen) atoms. The van der Waals surface area contributed by atoms with Gasteiger partial charge in [-0.3, -0.25) is 4.79 Å². The van der Waals surface area contributed by atoms with Crippen molar-refractivity contribution < 1.29 is 0 Å². The summed E-state index contributed by atoms with van der Waals surface area (Å²) in [6.07, 6.45) is 9.90. The quantitative estimate of drug-likeness (QED) is 0.399. The summed E-state index contributed by atoms with van der Waals surface area (Å²) in [7, 11) is 3.65. The van der Waals surface area contributed by atoms with Crippen LogP contribution in [0.5, 0.6) is 0 Å². The molecule has 1 aliphatic rings. The Morgan fingerprint density at radius 2 is 2.06 bits per heavy atom. The Morgan fingerprint density at radius 3 is 2.79 bits per heavy atom. The zero-order valence-electron chi connectivity index (χ0n) is 20.1. The molecular weight excluding hydrogens is 426 g/mol. The predicted octanol–water partition coefficient (Wildman–Crippen LogP) is 3.55. The summed E-state index contributed by atoms with van der Waals surface area (Å²) in [5.41, 5.74) is 3.84. The Balaban J connectivity index is 1.51. The Morgan fingerprint density at radius 1 is 1.26 bits per heavy atom. The van der Waals surface area contributed by atoms with Gasteiger partial charge in [0.15, 0.2) is 5.82 Å². The van der Waals surface area contributed by atoms with E-state index in [4.69, 9.17) is 0 Å². The molecule has 1 unspecified atom stereocenters. The minimum atomic E-state index is -0.115. The van der Waals surface area contributed by atoms with Crippen molar-refractivity contribution >= 4 is 17.6 Å². The zero-order valence-corrected chi connectivity index (χ0v) is 20.1. The molecule has 2 aromatic heterocycles. The van der Waals surface area contributed by atoms with Crippen LogP contribution in [0.25, 0.3) is 17.1 Å². The molecule has 1 aliphatic heterocycles. The van der Waals surface area contributed by atoms with Crippen LogP contribution in [0.3, 0.4) is 0 Å². The van der Waals surface area contributed by atoms with Gasteiger partial charge >= 0.3 is 0 Å². The number of piperidine rings is 1. The molecule has 0 bridgehead atoms. The standard InChI is InChI=1S/C26H31N7O/c1-19-7-6-11-32(18-19)23-16-27-26(28-17-23)22-9-5-8-21(13-22)14-24-25(34)10-12-33(30-24)20(2)15-29-31(3)4/h5,8-10,12-13,15-17,19H,2,6-7,11,14,18H2,1,3-4H3. The van der Waals surface area contributed by atoms with E-state index in [9.17, 15) is 4.79 Å². The van der Waals surface area contributed by atoms with Crippen LogP contribution in [0, 0.1) is 5.92 Å². The van der Waals surface area contributed by atoms with Crippen LogP contribution in [-0.4, -0.2) is 58.2 Å². The normalized spacial score (nSPS) is 16.1. The minimum absolute atomic E-state index is 0.115. The Kier molecular flexibility index (Phi) is 7.15. The lowest BCUT2D eigenvalue weighted by atomic mass is 10.0. The van der Waals surface area contributed by atoms with Crippen LogP contribution in [0.4, 0.5) is 5.69 Å². The van der Waals surface area contributed by atoms with Gasteiger partial charge in [0.05, 0.1) is 30.0 Å². The first kappa shape index (κ1) is 23.4. The summed E-state index contributed by atoms with van der Waals surface area (Å²) >= 11 is 0. The second-order valence-electron chi connectivity index (χ2n) is 8.99. The highest BCUT2D eigenvalue weighted by atomic mass is 16.1. The molecule has 8 heteroatoms. The van der Waals surface area contributed by atoms with E-state index >= 15 is 0 Å². The third kappa shape index (κ3) is 5.75. The van der Waals surface area contributed by atoms with Gasteiger partial charge in [0.2, 0.25) is 5.43 Å². The molecule has 1 atom stereocenters. The molecule has 4 rings (SSSR count). The van der Waals surface area contributed by atoms with Crippen LogP contribution < -0.4 is 10.3 Å². The van der Waals surface area contributed by atoms with Gasteiger partial charge < -0.3 is 9.91 Å². The minimum Gasteiger partial charge on any atom is -0.369 e. The van der Waals surface area contributed by atoms with Gasteiger partial charge in [-0.1, -0.05) is 31.7 Å². The fraction of sp³-hybridized carbons (Fsp3) is 0.346. The van der Waals surface area contributed by atoms with Crippen molar-refractivity contribution in [1.82, 2.24) is 24.8 Å². The molecule has 176 valence electrons. The van der Waals surface area contributed by atoms with Crippen molar-refractivity contribution in [3.05, 3.63) is 77.0 Å². The average Bonchev–Trinajstić information content (AvgIpc) is 2.84. The summed E-state index contributed by atoms with van der Waals surface area (Å²) in [4.78, 5) is 24.1. The molecule has 0 N–H and O–H groups in total. The van der Waals surface area contributed by atoms with Crippen molar-refractivity contribution in [1.29, 1.82) is 0 Å². The lowest BCUT2D eigenvalue weighted by Gasteiger charge is -2.32. The number of rotatable bonds is 7. The molecule has 1 aromatic carbocycles. The fourth-order valence-corrected chi connectivity index (χ4v) is 4.04. The highest BCUT2D eigenvalue weighted by Gasteiger charge is 2.17. The van der Waals surface area contributed by atoms with E-state index in [1.807, 2.05) is 50.8 Å². The molecule has 0 radical (unpaired) electrons. The van der Waals surface area contributed by atoms with Gasteiger partial charge in [0, 0.05) is 51.4 Å². The second-order valence-corrected chi connectivity index (χ2v) is 8.99. The maximum Gasteiger partial charge on any atom is 0.203 e. The summed E-state index contributed by atoms with van der Waals surface area (Å²) in [6.45, 7) is 8.37. The lowest BCUT2D eigenvalue weighted by Crippen LogP contribution is -2.34. The summed E-state index contributed by atoms with van der Waals surface area (Å²) in [6, 6.07) is 9.44. The first-order valence-corrected chi connectivity index (χ1v) is 11.5. The number of hydrogen-bond donors (Lipinski definition) is 0. The van der Waals surface area contributed by atoms with E-state index in [1.54, 1.807) is 22.1 Å². The van der Waals surface area contributed by atoms with Gasteiger partial charge in [0.1, 0.15) is 5.69 Å². The number of hydrazone groups is 1. The smallest absolute Gasteiger partial charge is 0.203 e. The van der Waals surface area contributed by atoms with E-state index in [1.165, 1.54) is 18.9 Å². The van der Waals surface area contributed by atoms with Crippen molar-refractivity contribution in [2.75, 3.05) is 32.1 Å². The summed E-state index contributed by atoms with van der Waals surface area (Å²) in [5, 5.41) is 10.3. The van der Waals surface area contributed by atoms with E-state index < -0.39 is 0 Å². The van der Waals surface area contributed by atoms with Gasteiger partial charge in [-0.25, -0.2) is 14.6 Å². The SMILES string of the molecule is C=C(C=NN(C)C)n1ccc(=O)c(Cc2cccc(-c3ncc(N4CCCC(C)C4)cn3)c2)n1. The number of anilines is 1. The van der Waals surface area contributed by atoms with E-state index in [-0.39, 0.29) is 5.43 Å². The van der Waals surface area contributed by atoms with Crippen LogP contribution in [-0.2, 0) is 6.42 Å². The molecule has 0 saturated carbocycles. The topological polar surface area (TPSA) is 79.5 Å². The number of aromatic nitrogens is 4. The summed E-state index contributed by atoms with van der Waals surface area (Å²) in [5.74, 6) is 1.36. The Labute approximate surface area is 200 Å². The number of hydrogen-bond acceptors (Lipinski definition) is 7. The molecule has 3 aromatic rings. The third-order valence-corrected chi connectivity index (χ3v) is 5.83. The molecule has 3 heterocycles. The largest absolute Gasteiger partial charge is 0.369 e. The maximum absolute atomic E-state index is 12.5. The number of allylic oxidation sites excluding steroid dienone is 1. The monoisotopic (exact) mass is 457 g/mol.